The van der Waals surface area contributed by atoms with Crippen LogP contribution in [0.25, 0.3) is 0 Å². The molecule has 2 amide bonds. The number of halogens is 2. The van der Waals surface area contributed by atoms with Crippen molar-refractivity contribution in [1.82, 2.24) is 4.90 Å². The molecule has 0 aliphatic carbocycles. The summed E-state index contributed by atoms with van der Waals surface area (Å²) >= 11 is 12.6. The highest BCUT2D eigenvalue weighted by Gasteiger charge is 2.31. The molecule has 0 spiro atoms. The molecule has 1 saturated heterocycles. The highest BCUT2D eigenvalue weighted by Crippen LogP contribution is 2.34. The van der Waals surface area contributed by atoms with Gasteiger partial charge in [-0.3, -0.25) is 9.69 Å². The number of rotatable bonds is 10. The molecular weight excluding hydrogens is 525 g/mol. The molecule has 1 fully saturated rings. The van der Waals surface area contributed by atoms with Crippen molar-refractivity contribution in [2.45, 2.75) is 46.0 Å². The topological polar surface area (TPSA) is 62.3 Å². The van der Waals surface area contributed by atoms with Crippen LogP contribution in [0.15, 0.2) is 36.4 Å². The third kappa shape index (κ3) is 7.33. The van der Waals surface area contributed by atoms with E-state index in [4.69, 9.17) is 32.7 Å². The number of carbonyl (C=O) groups excluding carboxylic acids is 2. The second-order valence-corrected chi connectivity index (χ2v) is 11.1. The fourth-order valence-electron chi connectivity index (χ4n) is 4.76. The molecule has 2 aromatic carbocycles. The van der Waals surface area contributed by atoms with Gasteiger partial charge in [-0.15, -0.1) is 0 Å². The maximum atomic E-state index is 12.7. The summed E-state index contributed by atoms with van der Waals surface area (Å²) in [5.74, 6) is 0.845. The van der Waals surface area contributed by atoms with Gasteiger partial charge in [0.2, 0.25) is 5.91 Å². The van der Waals surface area contributed by atoms with Gasteiger partial charge in [-0.2, -0.15) is 0 Å². The number of fused-ring (bicyclic) bond motifs is 1. The summed E-state index contributed by atoms with van der Waals surface area (Å²) in [6.07, 6.45) is 3.00. The van der Waals surface area contributed by atoms with Crippen LogP contribution in [0.3, 0.4) is 0 Å². The van der Waals surface area contributed by atoms with E-state index in [1.165, 1.54) is 4.90 Å². The van der Waals surface area contributed by atoms with Gasteiger partial charge >= 0.3 is 6.09 Å². The molecule has 2 aromatic rings. The molecule has 38 heavy (non-hydrogen) atoms. The average molecular weight is 563 g/mol. The molecule has 2 aliphatic heterocycles. The number of hydrogen-bond acceptors (Lipinski definition) is 6. The Morgan fingerprint density at radius 2 is 1.76 bits per heavy atom. The minimum absolute atomic E-state index is 0.234. The van der Waals surface area contributed by atoms with Crippen LogP contribution in [0.5, 0.6) is 5.75 Å². The van der Waals surface area contributed by atoms with Gasteiger partial charge in [0.05, 0.1) is 34.6 Å². The number of anilines is 2. The second-order valence-electron chi connectivity index (χ2n) is 10.3. The van der Waals surface area contributed by atoms with Crippen molar-refractivity contribution in [2.24, 2.45) is 5.92 Å². The van der Waals surface area contributed by atoms with E-state index in [2.05, 4.69) is 23.6 Å². The summed E-state index contributed by atoms with van der Waals surface area (Å²) in [5.41, 5.74) is 2.53. The predicted octanol–water partition coefficient (Wildman–Crippen LogP) is 6.44. The number of amides is 2. The van der Waals surface area contributed by atoms with Crippen molar-refractivity contribution in [2.75, 3.05) is 55.7 Å². The number of nitrogens with zero attached hydrogens (tertiary/aromatic N) is 3. The highest BCUT2D eigenvalue weighted by atomic mass is 35.5. The molecule has 0 radical (unpaired) electrons. The van der Waals surface area contributed by atoms with Crippen LogP contribution in [0, 0.1) is 5.92 Å². The zero-order valence-corrected chi connectivity index (χ0v) is 23.8. The lowest BCUT2D eigenvalue weighted by Gasteiger charge is -2.36. The van der Waals surface area contributed by atoms with E-state index in [1.54, 1.807) is 6.07 Å². The van der Waals surface area contributed by atoms with Crippen molar-refractivity contribution in [1.29, 1.82) is 0 Å². The lowest BCUT2D eigenvalue weighted by molar-refractivity contribution is -0.118. The minimum Gasteiger partial charge on any atom is -0.494 e. The Kier molecular flexibility index (Phi) is 10.2. The Morgan fingerprint density at radius 3 is 2.53 bits per heavy atom. The summed E-state index contributed by atoms with van der Waals surface area (Å²) in [4.78, 5) is 31.1. The highest BCUT2D eigenvalue weighted by molar-refractivity contribution is 6.43. The molecule has 7 nitrogen and oxygen atoms in total. The Hall–Kier alpha value is -2.48. The molecule has 2 aliphatic rings. The Labute approximate surface area is 235 Å². The van der Waals surface area contributed by atoms with Crippen molar-refractivity contribution >= 4 is 46.6 Å². The first kappa shape index (κ1) is 28.5. The van der Waals surface area contributed by atoms with Gasteiger partial charge in [0.1, 0.15) is 5.75 Å². The number of carbonyl (C=O) groups is 2. The number of ether oxygens (including phenoxy) is 2. The van der Waals surface area contributed by atoms with Crippen LogP contribution >= 0.6 is 23.2 Å². The lowest BCUT2D eigenvalue weighted by Crippen LogP contribution is -2.46. The molecule has 0 unspecified atom stereocenters. The van der Waals surface area contributed by atoms with Crippen molar-refractivity contribution in [3.63, 3.8) is 0 Å². The van der Waals surface area contributed by atoms with E-state index < -0.39 is 6.09 Å². The van der Waals surface area contributed by atoms with Gasteiger partial charge in [0, 0.05) is 38.7 Å². The monoisotopic (exact) mass is 561 g/mol. The van der Waals surface area contributed by atoms with Crippen molar-refractivity contribution in [3.8, 4) is 5.75 Å². The van der Waals surface area contributed by atoms with Gasteiger partial charge in [-0.25, -0.2) is 9.69 Å². The summed E-state index contributed by atoms with van der Waals surface area (Å²) in [6, 6.07) is 11.4. The third-order valence-electron chi connectivity index (χ3n) is 7.04. The fraction of sp³-hybridized carbons (Fsp3) is 0.517. The van der Waals surface area contributed by atoms with E-state index in [-0.39, 0.29) is 5.91 Å². The fourth-order valence-corrected chi connectivity index (χ4v) is 5.18. The normalized spacial score (nSPS) is 16.1. The van der Waals surface area contributed by atoms with E-state index in [9.17, 15) is 9.59 Å². The van der Waals surface area contributed by atoms with Crippen LogP contribution in [-0.4, -0.2) is 62.8 Å². The van der Waals surface area contributed by atoms with Gasteiger partial charge in [-0.1, -0.05) is 49.2 Å². The van der Waals surface area contributed by atoms with Gasteiger partial charge in [-0.05, 0) is 61.9 Å². The minimum atomic E-state index is -0.605. The Balaban J connectivity index is 1.21. The zero-order chi connectivity index (χ0) is 27.1. The summed E-state index contributed by atoms with van der Waals surface area (Å²) < 4.78 is 11.4. The molecule has 4 rings (SSSR count). The van der Waals surface area contributed by atoms with Gasteiger partial charge in [0.15, 0.2) is 0 Å². The molecule has 206 valence electrons. The number of unbranched alkanes of at least 4 members (excludes halogenated alkanes) is 1. The zero-order valence-electron chi connectivity index (χ0n) is 22.3. The van der Waals surface area contributed by atoms with Crippen LogP contribution < -0.4 is 14.5 Å². The standard InChI is InChI=1S/C29H37Cl2N3O4/c1-21(2)12-19-38-29(36)34-26-20-23(10-8-22(26)9-11-27(34)35)37-18-4-3-13-32-14-16-33(17-15-32)25-7-5-6-24(30)28(25)31/h5-8,10,20-21H,3-4,9,11-19H2,1-2H3. The van der Waals surface area contributed by atoms with Crippen LogP contribution in [0.2, 0.25) is 10.0 Å². The summed E-state index contributed by atoms with van der Waals surface area (Å²) in [7, 11) is 0. The van der Waals surface area contributed by atoms with Crippen LogP contribution in [0.4, 0.5) is 16.2 Å². The third-order valence-corrected chi connectivity index (χ3v) is 7.85. The second kappa shape index (κ2) is 13.5. The molecule has 0 bridgehead atoms. The summed E-state index contributed by atoms with van der Waals surface area (Å²) in [5, 5.41) is 1.21. The Morgan fingerprint density at radius 1 is 0.974 bits per heavy atom. The van der Waals surface area contributed by atoms with E-state index in [0.29, 0.717) is 53.5 Å². The first-order valence-corrected chi connectivity index (χ1v) is 14.3. The molecular formula is C29H37Cl2N3O4. The molecule has 0 saturated carbocycles. The predicted molar refractivity (Wildman–Crippen MR) is 153 cm³/mol. The molecule has 9 heteroatoms. The quantitative estimate of drug-likeness (QED) is 0.311. The van der Waals surface area contributed by atoms with Gasteiger partial charge in [0.25, 0.3) is 0 Å². The van der Waals surface area contributed by atoms with Crippen molar-refractivity contribution < 1.29 is 19.1 Å². The lowest BCUT2D eigenvalue weighted by atomic mass is 10.0. The number of benzene rings is 2. The van der Waals surface area contributed by atoms with Gasteiger partial charge < -0.3 is 14.4 Å². The summed E-state index contributed by atoms with van der Waals surface area (Å²) in [6.45, 7) is 9.81. The average Bonchev–Trinajstić information content (AvgIpc) is 2.90. The number of aryl methyl sites for hydroxylation is 1. The van der Waals surface area contributed by atoms with Crippen LogP contribution in [0.1, 0.15) is 45.1 Å². The first-order chi connectivity index (χ1) is 18.3. The molecule has 0 aromatic heterocycles. The first-order valence-electron chi connectivity index (χ1n) is 13.5. The number of hydrogen-bond donors (Lipinski definition) is 0. The number of imide groups is 1. The number of piperazine rings is 1. The van der Waals surface area contributed by atoms with E-state index >= 15 is 0 Å². The molecule has 0 atom stereocenters. The molecule has 0 N–H and O–H groups in total. The smallest absolute Gasteiger partial charge is 0.421 e. The maximum Gasteiger partial charge on any atom is 0.421 e. The SMILES string of the molecule is CC(C)CCOC(=O)N1C(=O)CCc2ccc(OCCCCN3CCN(c4cccc(Cl)c4Cl)CC3)cc21. The largest absolute Gasteiger partial charge is 0.494 e. The molecule has 2 heterocycles. The van der Waals surface area contributed by atoms with Crippen LogP contribution in [-0.2, 0) is 16.0 Å². The van der Waals surface area contributed by atoms with Crippen molar-refractivity contribution in [3.05, 3.63) is 52.0 Å². The van der Waals surface area contributed by atoms with E-state index in [0.717, 1.165) is 63.2 Å². The van der Waals surface area contributed by atoms with E-state index in [1.807, 2.05) is 30.3 Å². The Bertz CT molecular complexity index is 1120. The maximum absolute atomic E-state index is 12.7.